The zero-order valence-corrected chi connectivity index (χ0v) is 13.1. The molecule has 3 aromatic rings. The lowest BCUT2D eigenvalue weighted by Gasteiger charge is -2.12. The number of ether oxygens (including phenoxy) is 1. The number of imidazole rings is 1. The molecule has 0 fully saturated rings. The summed E-state index contributed by atoms with van der Waals surface area (Å²) >= 11 is 0. The van der Waals surface area contributed by atoms with Gasteiger partial charge in [0.15, 0.2) is 0 Å². The van der Waals surface area contributed by atoms with E-state index in [0.717, 1.165) is 13.0 Å². The minimum Gasteiger partial charge on any atom is -0.406 e. The first-order chi connectivity index (χ1) is 11.5. The number of benzene rings is 1. The Morgan fingerprint density at radius 2 is 1.80 bits per heavy atom. The first-order valence-corrected chi connectivity index (χ1v) is 7.13. The highest BCUT2D eigenvalue weighted by Crippen LogP contribution is 2.33. The summed E-state index contributed by atoms with van der Waals surface area (Å²) in [6.45, 7) is 2.32. The van der Waals surface area contributed by atoms with Crippen LogP contribution in [0.25, 0.3) is 16.6 Å². The highest BCUT2D eigenvalue weighted by Gasteiger charge is 2.31. The van der Waals surface area contributed by atoms with Crippen LogP contribution in [0, 0.1) is 6.92 Å². The molecule has 0 spiro atoms. The molecule has 0 radical (unpaired) electrons. The van der Waals surface area contributed by atoms with Gasteiger partial charge in [-0.2, -0.15) is 13.9 Å². The summed E-state index contributed by atoms with van der Waals surface area (Å²) in [5.74, 6) is -3.50. The van der Waals surface area contributed by atoms with Crippen LogP contribution in [0.15, 0.2) is 36.8 Å². The van der Waals surface area contributed by atoms with E-state index < -0.39 is 18.0 Å². The Morgan fingerprint density at radius 3 is 2.40 bits per heavy atom. The molecule has 0 aliphatic rings. The van der Waals surface area contributed by atoms with Gasteiger partial charge in [0.05, 0.1) is 11.7 Å². The smallest absolute Gasteiger partial charge is 0.406 e. The second-order valence-electron chi connectivity index (χ2n) is 5.58. The zero-order chi connectivity index (χ0) is 18.4. The molecular formula is C16H12F5N3O. The molecule has 0 N–H and O–H groups in total. The number of hydrogen-bond acceptors (Lipinski definition) is 3. The monoisotopic (exact) mass is 357 g/mol. The largest absolute Gasteiger partial charge is 0.573 e. The number of nitrogens with zero attached hydrogens (tertiary/aromatic N) is 3. The van der Waals surface area contributed by atoms with Crippen molar-refractivity contribution >= 4 is 5.52 Å². The van der Waals surface area contributed by atoms with Crippen LogP contribution in [-0.2, 0) is 5.92 Å². The lowest BCUT2D eigenvalue weighted by molar-refractivity contribution is -0.274. The van der Waals surface area contributed by atoms with Gasteiger partial charge in [-0.25, -0.2) is 9.50 Å². The Bertz CT molecular complexity index is 928. The maximum Gasteiger partial charge on any atom is 0.573 e. The van der Waals surface area contributed by atoms with Crippen molar-refractivity contribution in [2.75, 3.05) is 0 Å². The molecule has 0 saturated carbocycles. The molecule has 0 aliphatic carbocycles. The Hall–Kier alpha value is -2.71. The molecule has 0 atom stereocenters. The van der Waals surface area contributed by atoms with Crippen LogP contribution < -0.4 is 4.74 Å². The second kappa shape index (κ2) is 5.68. The molecule has 4 nitrogen and oxygen atoms in total. The van der Waals surface area contributed by atoms with Gasteiger partial charge in [-0.15, -0.1) is 13.2 Å². The standard InChI is InChI=1S/C16H12F5N3O/c1-9-5-11(25-16(19,20)21)3-4-12(9)10-6-13-14(15(2,17)18)22-8-24(13)23-7-10/h3-8H,1-2H3. The number of rotatable bonds is 3. The van der Waals surface area contributed by atoms with E-state index in [2.05, 4.69) is 14.8 Å². The van der Waals surface area contributed by atoms with Gasteiger partial charge in [0, 0.05) is 12.5 Å². The van der Waals surface area contributed by atoms with Crippen LogP contribution in [0.5, 0.6) is 5.75 Å². The summed E-state index contributed by atoms with van der Waals surface area (Å²) in [7, 11) is 0. The van der Waals surface area contributed by atoms with Crippen molar-refractivity contribution < 1.29 is 26.7 Å². The molecule has 3 rings (SSSR count). The Kier molecular flexibility index (Phi) is 3.89. The van der Waals surface area contributed by atoms with Crippen LogP contribution in [0.2, 0.25) is 0 Å². The third-order valence-corrected chi connectivity index (χ3v) is 3.56. The fourth-order valence-corrected chi connectivity index (χ4v) is 2.53. The summed E-state index contributed by atoms with van der Waals surface area (Å²) in [5.41, 5.74) is 1.22. The highest BCUT2D eigenvalue weighted by molar-refractivity contribution is 5.72. The Balaban J connectivity index is 2.04. The van der Waals surface area contributed by atoms with E-state index in [-0.39, 0.29) is 11.3 Å². The van der Waals surface area contributed by atoms with Gasteiger partial charge in [0.25, 0.3) is 5.92 Å². The number of aryl methyl sites for hydroxylation is 1. The van der Waals surface area contributed by atoms with Crippen LogP contribution >= 0.6 is 0 Å². The molecule has 1 aromatic carbocycles. The molecule has 0 saturated heterocycles. The van der Waals surface area contributed by atoms with E-state index in [1.807, 2.05) is 0 Å². The minimum absolute atomic E-state index is 0.125. The lowest BCUT2D eigenvalue weighted by Crippen LogP contribution is -2.17. The van der Waals surface area contributed by atoms with Crippen LogP contribution in [0.4, 0.5) is 22.0 Å². The average Bonchev–Trinajstić information content (AvgIpc) is 2.88. The van der Waals surface area contributed by atoms with Crippen LogP contribution in [-0.4, -0.2) is 21.0 Å². The first-order valence-electron chi connectivity index (χ1n) is 7.13. The predicted molar refractivity (Wildman–Crippen MR) is 79.4 cm³/mol. The highest BCUT2D eigenvalue weighted by atomic mass is 19.4. The van der Waals surface area contributed by atoms with E-state index >= 15 is 0 Å². The van der Waals surface area contributed by atoms with Crippen LogP contribution in [0.1, 0.15) is 18.2 Å². The molecule has 0 amide bonds. The van der Waals surface area contributed by atoms with E-state index in [1.54, 1.807) is 6.92 Å². The third kappa shape index (κ3) is 3.54. The van der Waals surface area contributed by atoms with Gasteiger partial charge in [-0.1, -0.05) is 6.07 Å². The molecule has 0 unspecified atom stereocenters. The zero-order valence-electron chi connectivity index (χ0n) is 13.1. The van der Waals surface area contributed by atoms with E-state index in [9.17, 15) is 22.0 Å². The van der Waals surface area contributed by atoms with Gasteiger partial charge < -0.3 is 4.74 Å². The van der Waals surface area contributed by atoms with Gasteiger partial charge in [-0.3, -0.25) is 0 Å². The summed E-state index contributed by atoms with van der Waals surface area (Å²) in [6, 6.07) is 5.27. The molecule has 0 bridgehead atoms. The first kappa shape index (κ1) is 17.1. The molecule has 2 heterocycles. The summed E-state index contributed by atoms with van der Waals surface area (Å²) in [4.78, 5) is 3.68. The van der Waals surface area contributed by atoms with Crippen molar-refractivity contribution in [1.82, 2.24) is 14.6 Å². The number of hydrogen-bond donors (Lipinski definition) is 0. The molecule has 2 aromatic heterocycles. The molecule has 0 aliphatic heterocycles. The predicted octanol–water partition coefficient (Wildman–Crippen LogP) is 4.72. The molecule has 9 heteroatoms. The van der Waals surface area contributed by atoms with Crippen molar-refractivity contribution in [3.05, 3.63) is 48.0 Å². The van der Waals surface area contributed by atoms with Gasteiger partial charge in [-0.05, 0) is 36.2 Å². The van der Waals surface area contributed by atoms with Gasteiger partial charge in [0.2, 0.25) is 0 Å². The van der Waals surface area contributed by atoms with Crippen molar-refractivity contribution in [3.8, 4) is 16.9 Å². The lowest BCUT2D eigenvalue weighted by atomic mass is 10.0. The maximum absolute atomic E-state index is 13.6. The summed E-state index contributed by atoms with van der Waals surface area (Å²) in [6.07, 6.45) is -2.18. The summed E-state index contributed by atoms with van der Waals surface area (Å²) < 4.78 is 69.1. The van der Waals surface area contributed by atoms with Crippen molar-refractivity contribution in [3.63, 3.8) is 0 Å². The van der Waals surface area contributed by atoms with E-state index in [4.69, 9.17) is 0 Å². The molecule has 132 valence electrons. The average molecular weight is 357 g/mol. The van der Waals surface area contributed by atoms with Crippen molar-refractivity contribution in [2.24, 2.45) is 0 Å². The number of halogens is 5. The Morgan fingerprint density at radius 1 is 1.08 bits per heavy atom. The molecule has 25 heavy (non-hydrogen) atoms. The van der Waals surface area contributed by atoms with Crippen molar-refractivity contribution in [1.29, 1.82) is 0 Å². The Labute approximate surface area is 138 Å². The quantitative estimate of drug-likeness (QED) is 0.637. The van der Waals surface area contributed by atoms with E-state index in [1.165, 1.54) is 35.2 Å². The third-order valence-electron chi connectivity index (χ3n) is 3.56. The van der Waals surface area contributed by atoms with E-state index in [0.29, 0.717) is 16.7 Å². The SMILES string of the molecule is Cc1cc(OC(F)(F)F)ccc1-c1cnn2cnc(C(C)(F)F)c2c1. The van der Waals surface area contributed by atoms with Gasteiger partial charge in [0.1, 0.15) is 17.8 Å². The minimum atomic E-state index is -4.78. The number of aromatic nitrogens is 3. The fraction of sp³-hybridized carbons (Fsp3) is 0.250. The van der Waals surface area contributed by atoms with Crippen molar-refractivity contribution in [2.45, 2.75) is 26.1 Å². The second-order valence-corrected chi connectivity index (χ2v) is 5.58. The topological polar surface area (TPSA) is 39.4 Å². The molecular weight excluding hydrogens is 345 g/mol. The van der Waals surface area contributed by atoms with Gasteiger partial charge >= 0.3 is 6.36 Å². The number of fused-ring (bicyclic) bond motifs is 1. The number of alkyl halides is 5. The summed E-state index contributed by atoms with van der Waals surface area (Å²) in [5, 5.41) is 4.02. The maximum atomic E-state index is 13.6. The van der Waals surface area contributed by atoms with Crippen LogP contribution in [0.3, 0.4) is 0 Å². The normalized spacial score (nSPS) is 12.6. The fourth-order valence-electron chi connectivity index (χ4n) is 2.53.